The largest absolute Gasteiger partial charge is 0.503 e. The fourth-order valence-electron chi connectivity index (χ4n) is 4.37. The van der Waals surface area contributed by atoms with Gasteiger partial charge < -0.3 is 19.3 Å². The first-order chi connectivity index (χ1) is 15.9. The summed E-state index contributed by atoms with van der Waals surface area (Å²) in [4.78, 5) is 30.5. The van der Waals surface area contributed by atoms with Gasteiger partial charge in [-0.25, -0.2) is 0 Å². The van der Waals surface area contributed by atoms with Crippen molar-refractivity contribution in [1.29, 1.82) is 0 Å². The van der Waals surface area contributed by atoms with Crippen LogP contribution < -0.4 is 0 Å². The Hall–Kier alpha value is -2.90. The first kappa shape index (κ1) is 23.3. The molecule has 33 heavy (non-hydrogen) atoms. The highest BCUT2D eigenvalue weighted by molar-refractivity contribution is 9.10. The summed E-state index contributed by atoms with van der Waals surface area (Å²) in [6.07, 6.45) is 0.733. The topological polar surface area (TPSA) is 74.0 Å². The maximum Gasteiger partial charge on any atom is 0.290 e. The lowest BCUT2D eigenvalue weighted by molar-refractivity contribution is -0.129. The molecule has 0 fully saturated rings. The molecule has 1 aliphatic heterocycles. The molecule has 4 rings (SSSR count). The van der Waals surface area contributed by atoms with Gasteiger partial charge >= 0.3 is 0 Å². The lowest BCUT2D eigenvalue weighted by atomic mass is 9.95. The predicted molar refractivity (Wildman–Crippen MR) is 131 cm³/mol. The summed E-state index contributed by atoms with van der Waals surface area (Å²) >= 11 is 3.48. The van der Waals surface area contributed by atoms with Gasteiger partial charge in [-0.15, -0.1) is 0 Å². The number of hydrogen-bond donors (Lipinski definition) is 1. The van der Waals surface area contributed by atoms with Gasteiger partial charge in [0, 0.05) is 16.4 Å². The lowest BCUT2D eigenvalue weighted by Crippen LogP contribution is -2.34. The highest BCUT2D eigenvalue weighted by Crippen LogP contribution is 2.40. The van der Waals surface area contributed by atoms with Crippen LogP contribution >= 0.6 is 15.9 Å². The van der Waals surface area contributed by atoms with Crippen molar-refractivity contribution < 1.29 is 19.1 Å². The van der Waals surface area contributed by atoms with E-state index in [0.717, 1.165) is 41.5 Å². The van der Waals surface area contributed by atoms with Gasteiger partial charge in [-0.3, -0.25) is 9.59 Å². The fourth-order valence-corrected chi connectivity index (χ4v) is 4.79. The van der Waals surface area contributed by atoms with Gasteiger partial charge in [0.25, 0.3) is 5.91 Å². The Morgan fingerprint density at radius 1 is 1.12 bits per heavy atom. The van der Waals surface area contributed by atoms with Gasteiger partial charge in [0.2, 0.25) is 5.78 Å². The number of amides is 1. The molecule has 0 spiro atoms. The van der Waals surface area contributed by atoms with Crippen molar-refractivity contribution in [2.75, 3.05) is 26.2 Å². The number of furan rings is 1. The van der Waals surface area contributed by atoms with Crippen molar-refractivity contribution >= 4 is 38.6 Å². The number of ketones is 1. The molecule has 172 valence electrons. The molecule has 0 saturated heterocycles. The summed E-state index contributed by atoms with van der Waals surface area (Å²) in [6, 6.07) is 15.8. The molecule has 1 aliphatic rings. The third-order valence-electron chi connectivity index (χ3n) is 6.13. The SMILES string of the molecule is CCN(CC)CCCN1C(=O)C(O)=C(C(=O)c2cc3ccccc3o2)[C@H]1c1cccc(Br)c1. The average Bonchev–Trinajstić information content (AvgIpc) is 3.36. The zero-order valence-electron chi connectivity index (χ0n) is 18.8. The molecular weight excluding hydrogens is 484 g/mol. The van der Waals surface area contributed by atoms with Crippen LogP contribution in [0.3, 0.4) is 0 Å². The van der Waals surface area contributed by atoms with Gasteiger partial charge in [0.05, 0.1) is 11.6 Å². The smallest absolute Gasteiger partial charge is 0.290 e. The quantitative estimate of drug-likeness (QED) is 0.384. The van der Waals surface area contributed by atoms with Crippen molar-refractivity contribution in [3.63, 3.8) is 0 Å². The van der Waals surface area contributed by atoms with Crippen molar-refractivity contribution in [2.45, 2.75) is 26.3 Å². The van der Waals surface area contributed by atoms with Crippen molar-refractivity contribution in [1.82, 2.24) is 9.80 Å². The lowest BCUT2D eigenvalue weighted by Gasteiger charge is -2.28. The summed E-state index contributed by atoms with van der Waals surface area (Å²) in [5.74, 6) is -1.41. The van der Waals surface area contributed by atoms with Crippen molar-refractivity contribution in [3.8, 4) is 0 Å². The van der Waals surface area contributed by atoms with Crippen LogP contribution in [0, 0.1) is 0 Å². The minimum absolute atomic E-state index is 0.0556. The van der Waals surface area contributed by atoms with E-state index in [0.29, 0.717) is 12.1 Å². The maximum atomic E-state index is 13.6. The van der Waals surface area contributed by atoms with E-state index < -0.39 is 23.5 Å². The number of hydrogen-bond acceptors (Lipinski definition) is 5. The molecule has 1 amide bonds. The van der Waals surface area contributed by atoms with Crippen LogP contribution in [0.4, 0.5) is 0 Å². The number of Topliss-reactive ketones (excluding diaryl/α,β-unsaturated/α-hetero) is 1. The summed E-state index contributed by atoms with van der Waals surface area (Å²) in [5.41, 5.74) is 1.39. The molecule has 2 aromatic carbocycles. The number of nitrogens with zero attached hydrogens (tertiary/aromatic N) is 2. The molecule has 0 radical (unpaired) electrons. The Kier molecular flexibility index (Phi) is 7.00. The second kappa shape index (κ2) is 9.93. The first-order valence-electron chi connectivity index (χ1n) is 11.2. The normalized spacial score (nSPS) is 16.4. The molecule has 0 saturated carbocycles. The number of aliphatic hydroxyl groups is 1. The number of rotatable bonds is 9. The Morgan fingerprint density at radius 3 is 2.58 bits per heavy atom. The third-order valence-corrected chi connectivity index (χ3v) is 6.62. The van der Waals surface area contributed by atoms with E-state index in [1.165, 1.54) is 0 Å². The van der Waals surface area contributed by atoms with Crippen LogP contribution in [0.5, 0.6) is 0 Å². The van der Waals surface area contributed by atoms with Gasteiger partial charge in [-0.2, -0.15) is 0 Å². The highest BCUT2D eigenvalue weighted by atomic mass is 79.9. The molecule has 0 unspecified atom stereocenters. The molecule has 1 N–H and O–H groups in total. The summed E-state index contributed by atoms with van der Waals surface area (Å²) in [7, 11) is 0. The van der Waals surface area contributed by atoms with Crippen molar-refractivity contribution in [2.24, 2.45) is 0 Å². The standard InChI is InChI=1S/C26H27BrN2O4/c1-3-28(4-2)13-8-14-29-23(18-10-7-11-19(27)15-18)22(25(31)26(29)32)24(30)21-16-17-9-5-6-12-20(17)33-21/h5-7,9-12,15-16,23,31H,3-4,8,13-14H2,1-2H3/t23-/m1/s1. The molecule has 6 nitrogen and oxygen atoms in total. The van der Waals surface area contributed by atoms with Crippen molar-refractivity contribution in [3.05, 3.63) is 81.7 Å². The number of benzene rings is 2. The van der Waals surface area contributed by atoms with Gasteiger partial charge in [-0.1, -0.05) is 60.1 Å². The van der Waals surface area contributed by atoms with Crippen LogP contribution in [0.2, 0.25) is 0 Å². The average molecular weight is 511 g/mol. The molecule has 3 aromatic rings. The molecule has 0 aliphatic carbocycles. The molecule has 1 aromatic heterocycles. The fraction of sp³-hybridized carbons (Fsp3) is 0.308. The Morgan fingerprint density at radius 2 is 1.88 bits per heavy atom. The monoisotopic (exact) mass is 510 g/mol. The molecule has 1 atom stereocenters. The van der Waals surface area contributed by atoms with E-state index in [2.05, 4.69) is 34.7 Å². The zero-order chi connectivity index (χ0) is 23.5. The van der Waals surface area contributed by atoms with E-state index in [9.17, 15) is 14.7 Å². The Labute approximate surface area is 201 Å². The van der Waals surface area contributed by atoms with Crippen LogP contribution in [0.25, 0.3) is 11.0 Å². The Bertz CT molecular complexity index is 1180. The first-order valence-corrected chi connectivity index (χ1v) is 12.0. The molecule has 0 bridgehead atoms. The second-order valence-corrected chi connectivity index (χ2v) is 8.99. The molecular formula is C26H27BrN2O4. The third kappa shape index (κ3) is 4.61. The number of aliphatic hydroxyl groups excluding tert-OH is 1. The summed E-state index contributed by atoms with van der Waals surface area (Å²) < 4.78 is 6.60. The number of para-hydroxylation sites is 1. The van der Waals surface area contributed by atoms with Crippen LogP contribution in [-0.4, -0.2) is 52.8 Å². The van der Waals surface area contributed by atoms with Gasteiger partial charge in [-0.05, 0) is 55.9 Å². The van der Waals surface area contributed by atoms with E-state index >= 15 is 0 Å². The minimum atomic E-state index is -0.688. The van der Waals surface area contributed by atoms with E-state index in [4.69, 9.17) is 4.42 Å². The minimum Gasteiger partial charge on any atom is -0.503 e. The van der Waals surface area contributed by atoms with Crippen LogP contribution in [0.1, 0.15) is 42.4 Å². The second-order valence-electron chi connectivity index (χ2n) is 8.08. The number of carbonyl (C=O) groups excluding carboxylic acids is 2. The number of carbonyl (C=O) groups is 2. The summed E-state index contributed by atoms with van der Waals surface area (Å²) in [6.45, 7) is 7.32. The van der Waals surface area contributed by atoms with Crippen LogP contribution in [0.15, 0.2) is 74.8 Å². The van der Waals surface area contributed by atoms with Gasteiger partial charge in [0.1, 0.15) is 5.58 Å². The van der Waals surface area contributed by atoms with E-state index in [-0.39, 0.29) is 11.3 Å². The van der Waals surface area contributed by atoms with Crippen LogP contribution in [-0.2, 0) is 4.79 Å². The maximum absolute atomic E-state index is 13.6. The predicted octanol–water partition coefficient (Wildman–Crippen LogP) is 5.51. The molecule has 7 heteroatoms. The number of fused-ring (bicyclic) bond motifs is 1. The zero-order valence-corrected chi connectivity index (χ0v) is 20.3. The van der Waals surface area contributed by atoms with Gasteiger partial charge in [0.15, 0.2) is 11.5 Å². The highest BCUT2D eigenvalue weighted by Gasteiger charge is 2.44. The Balaban J connectivity index is 1.70. The van der Waals surface area contributed by atoms with E-state index in [1.54, 1.807) is 17.0 Å². The molecule has 2 heterocycles. The summed E-state index contributed by atoms with van der Waals surface area (Å²) in [5, 5.41) is 11.6. The van der Waals surface area contributed by atoms with E-state index in [1.807, 2.05) is 42.5 Å². The number of halogens is 1.